The normalized spacial score (nSPS) is 13.3. The van der Waals surface area contributed by atoms with Gasteiger partial charge >= 0.3 is 0 Å². The van der Waals surface area contributed by atoms with Crippen LogP contribution in [0.25, 0.3) is 10.1 Å². The summed E-state index contributed by atoms with van der Waals surface area (Å²) in [5.41, 5.74) is 3.25. The Kier molecular flexibility index (Phi) is 2.81. The van der Waals surface area contributed by atoms with Crippen LogP contribution in [0.2, 0.25) is 0 Å². The van der Waals surface area contributed by atoms with Crippen LogP contribution in [-0.4, -0.2) is 4.37 Å². The molecule has 0 bridgehead atoms. The molecule has 1 aromatic carbocycles. The minimum absolute atomic E-state index is 0.179. The van der Waals surface area contributed by atoms with Crippen molar-refractivity contribution in [1.82, 2.24) is 4.37 Å². The molecular formula is C15H21NS. The van der Waals surface area contributed by atoms with Gasteiger partial charge in [0.05, 0.1) is 4.70 Å². The van der Waals surface area contributed by atoms with Crippen molar-refractivity contribution in [3.63, 3.8) is 0 Å². The molecule has 92 valence electrons. The molecule has 1 aromatic heterocycles. The Morgan fingerprint density at radius 1 is 0.882 bits per heavy atom. The quantitative estimate of drug-likeness (QED) is 0.646. The minimum Gasteiger partial charge on any atom is -0.200 e. The molecular weight excluding hydrogens is 226 g/mol. The summed E-state index contributed by atoms with van der Waals surface area (Å²) < 4.78 is 5.58. The van der Waals surface area contributed by atoms with Gasteiger partial charge in [0.2, 0.25) is 0 Å². The van der Waals surface area contributed by atoms with Gasteiger partial charge in [-0.15, -0.1) is 0 Å². The lowest BCUT2D eigenvalue weighted by atomic mass is 9.75. The highest BCUT2D eigenvalue weighted by Crippen LogP contribution is 2.37. The third kappa shape index (κ3) is 2.37. The highest BCUT2D eigenvalue weighted by Gasteiger charge is 2.25. The van der Waals surface area contributed by atoms with Gasteiger partial charge in [0, 0.05) is 11.6 Å². The van der Waals surface area contributed by atoms with E-state index in [1.807, 2.05) is 6.20 Å². The fourth-order valence-corrected chi connectivity index (χ4v) is 2.82. The van der Waals surface area contributed by atoms with Gasteiger partial charge in [0.15, 0.2) is 0 Å². The Labute approximate surface area is 108 Å². The molecule has 2 aromatic rings. The number of fused-ring (bicyclic) bond motifs is 1. The lowest BCUT2D eigenvalue weighted by molar-refractivity contribution is 0.531. The monoisotopic (exact) mass is 247 g/mol. The Morgan fingerprint density at radius 2 is 1.41 bits per heavy atom. The second-order valence-electron chi connectivity index (χ2n) is 6.76. The molecule has 0 saturated carbocycles. The Bertz CT molecular complexity index is 490. The first-order chi connectivity index (χ1) is 7.69. The van der Waals surface area contributed by atoms with Gasteiger partial charge in [0.1, 0.15) is 0 Å². The summed E-state index contributed by atoms with van der Waals surface area (Å²) >= 11 is 1.59. The number of nitrogens with zero attached hydrogens (tertiary/aromatic N) is 1. The molecule has 0 amide bonds. The molecule has 1 nitrogen and oxygen atoms in total. The van der Waals surface area contributed by atoms with E-state index in [4.69, 9.17) is 0 Å². The summed E-state index contributed by atoms with van der Waals surface area (Å²) in [4.78, 5) is 0. The zero-order valence-corrected chi connectivity index (χ0v) is 12.4. The Morgan fingerprint density at radius 3 is 1.94 bits per heavy atom. The maximum absolute atomic E-state index is 4.29. The van der Waals surface area contributed by atoms with E-state index >= 15 is 0 Å². The van der Waals surface area contributed by atoms with Gasteiger partial charge < -0.3 is 0 Å². The van der Waals surface area contributed by atoms with E-state index in [2.05, 4.69) is 58.0 Å². The molecule has 2 heteroatoms. The molecule has 0 aliphatic carbocycles. The predicted molar refractivity (Wildman–Crippen MR) is 77.0 cm³/mol. The van der Waals surface area contributed by atoms with Crippen LogP contribution in [0.3, 0.4) is 0 Å². The topological polar surface area (TPSA) is 12.9 Å². The van der Waals surface area contributed by atoms with E-state index in [-0.39, 0.29) is 10.8 Å². The average molecular weight is 247 g/mol. The highest BCUT2D eigenvalue weighted by molar-refractivity contribution is 7.13. The summed E-state index contributed by atoms with van der Waals surface area (Å²) in [5.74, 6) is 0. The summed E-state index contributed by atoms with van der Waals surface area (Å²) in [6.45, 7) is 13.7. The van der Waals surface area contributed by atoms with Crippen LogP contribution in [0, 0.1) is 0 Å². The fourth-order valence-electron chi connectivity index (χ4n) is 2.16. The molecule has 2 rings (SSSR count). The summed E-state index contributed by atoms with van der Waals surface area (Å²) in [5, 5.41) is 1.27. The molecule has 1 heterocycles. The molecule has 0 fully saturated rings. The van der Waals surface area contributed by atoms with Crippen molar-refractivity contribution in [2.24, 2.45) is 0 Å². The van der Waals surface area contributed by atoms with Crippen molar-refractivity contribution in [3.05, 3.63) is 29.5 Å². The molecule has 0 radical (unpaired) electrons. The van der Waals surface area contributed by atoms with Crippen molar-refractivity contribution in [3.8, 4) is 0 Å². The van der Waals surface area contributed by atoms with Crippen molar-refractivity contribution >= 4 is 21.6 Å². The van der Waals surface area contributed by atoms with E-state index in [0.717, 1.165) is 0 Å². The first kappa shape index (κ1) is 12.6. The van der Waals surface area contributed by atoms with Crippen LogP contribution in [0.15, 0.2) is 18.3 Å². The summed E-state index contributed by atoms with van der Waals surface area (Å²) in [6.07, 6.45) is 1.97. The van der Waals surface area contributed by atoms with Gasteiger partial charge in [0.25, 0.3) is 0 Å². The lowest BCUT2D eigenvalue weighted by Crippen LogP contribution is -2.21. The largest absolute Gasteiger partial charge is 0.200 e. The number of hydrogen-bond donors (Lipinski definition) is 0. The van der Waals surface area contributed by atoms with Gasteiger partial charge in [-0.3, -0.25) is 0 Å². The van der Waals surface area contributed by atoms with Crippen LogP contribution in [0.5, 0.6) is 0 Å². The van der Waals surface area contributed by atoms with Crippen molar-refractivity contribution in [1.29, 1.82) is 0 Å². The Balaban J connectivity index is 2.78. The Hall–Kier alpha value is -0.890. The van der Waals surface area contributed by atoms with E-state index < -0.39 is 0 Å². The molecule has 0 atom stereocenters. The first-order valence-corrected chi connectivity index (χ1v) is 6.86. The van der Waals surface area contributed by atoms with Gasteiger partial charge in [-0.1, -0.05) is 41.5 Å². The zero-order valence-electron chi connectivity index (χ0n) is 11.6. The maximum Gasteiger partial charge on any atom is 0.0553 e. The smallest absolute Gasteiger partial charge is 0.0553 e. The summed E-state index contributed by atoms with van der Waals surface area (Å²) in [7, 11) is 0. The third-order valence-corrected chi connectivity index (χ3v) is 3.87. The third-order valence-electron chi connectivity index (χ3n) is 3.11. The van der Waals surface area contributed by atoms with Gasteiger partial charge in [-0.2, -0.15) is 4.37 Å². The van der Waals surface area contributed by atoms with Crippen LogP contribution >= 0.6 is 11.5 Å². The second kappa shape index (κ2) is 3.81. The first-order valence-electron chi connectivity index (χ1n) is 6.09. The maximum atomic E-state index is 4.29. The number of benzene rings is 1. The van der Waals surface area contributed by atoms with Crippen LogP contribution in [-0.2, 0) is 10.8 Å². The second-order valence-corrected chi connectivity index (χ2v) is 7.59. The molecule has 0 spiro atoms. The minimum atomic E-state index is 0.179. The van der Waals surface area contributed by atoms with E-state index in [9.17, 15) is 0 Å². The van der Waals surface area contributed by atoms with Crippen molar-refractivity contribution in [2.45, 2.75) is 52.4 Å². The number of rotatable bonds is 0. The SMILES string of the molecule is CC(C)(C)c1cc2cnsc2cc1C(C)(C)C. The molecule has 0 N–H and O–H groups in total. The molecule has 17 heavy (non-hydrogen) atoms. The predicted octanol–water partition coefficient (Wildman–Crippen LogP) is 4.89. The zero-order chi connectivity index (χ0) is 12.8. The standard InChI is InChI=1S/C15H21NS/c1-14(2,3)11-7-10-9-16-17-13(10)8-12(11)15(4,5)6/h7-9H,1-6H3. The number of aromatic nitrogens is 1. The number of hydrogen-bond acceptors (Lipinski definition) is 2. The fraction of sp³-hybridized carbons (Fsp3) is 0.533. The molecule has 0 saturated heterocycles. The lowest BCUT2D eigenvalue weighted by Gasteiger charge is -2.30. The molecule has 0 aliphatic rings. The van der Waals surface area contributed by atoms with E-state index in [1.165, 1.54) is 21.2 Å². The van der Waals surface area contributed by atoms with Crippen LogP contribution in [0.1, 0.15) is 52.7 Å². The van der Waals surface area contributed by atoms with Crippen molar-refractivity contribution in [2.75, 3.05) is 0 Å². The van der Waals surface area contributed by atoms with Crippen molar-refractivity contribution < 1.29 is 0 Å². The van der Waals surface area contributed by atoms with E-state index in [1.54, 1.807) is 11.5 Å². The average Bonchev–Trinajstić information content (AvgIpc) is 2.59. The molecule has 0 aliphatic heterocycles. The van der Waals surface area contributed by atoms with E-state index in [0.29, 0.717) is 0 Å². The van der Waals surface area contributed by atoms with Crippen LogP contribution in [0.4, 0.5) is 0 Å². The van der Waals surface area contributed by atoms with Crippen LogP contribution < -0.4 is 0 Å². The summed E-state index contributed by atoms with van der Waals surface area (Å²) in [6, 6.07) is 4.65. The van der Waals surface area contributed by atoms with Gasteiger partial charge in [-0.05, 0) is 45.6 Å². The van der Waals surface area contributed by atoms with Gasteiger partial charge in [-0.25, -0.2) is 0 Å². The molecule has 0 unspecified atom stereocenters. The highest BCUT2D eigenvalue weighted by atomic mass is 32.1.